The summed E-state index contributed by atoms with van der Waals surface area (Å²) < 4.78 is 62.2. The summed E-state index contributed by atoms with van der Waals surface area (Å²) >= 11 is 0. The Labute approximate surface area is 182 Å². The SMILES string of the molecule is CS(=O)(=O)N1CCN(c2ccc(Nc3ncc(C(N)=O)c(NCC(F)(F)F)n3)cc2)CC1. The number of nitrogens with one attached hydrogen (secondary N) is 2. The van der Waals surface area contributed by atoms with Gasteiger partial charge in [0.1, 0.15) is 12.4 Å². The van der Waals surface area contributed by atoms with E-state index in [1.165, 1.54) is 10.6 Å². The van der Waals surface area contributed by atoms with Gasteiger partial charge in [-0.05, 0) is 24.3 Å². The summed E-state index contributed by atoms with van der Waals surface area (Å²) in [4.78, 5) is 21.3. The number of halogens is 3. The molecule has 1 amide bonds. The number of carbonyl (C=O) groups excluding carboxylic acids is 1. The van der Waals surface area contributed by atoms with Crippen LogP contribution in [0.3, 0.4) is 0 Å². The molecule has 1 aromatic heterocycles. The highest BCUT2D eigenvalue weighted by Gasteiger charge is 2.28. The third kappa shape index (κ3) is 6.20. The topological polar surface area (TPSA) is 134 Å². The summed E-state index contributed by atoms with van der Waals surface area (Å²) in [6, 6.07) is 7.09. The number of primary amides is 1. The molecule has 3 rings (SSSR count). The Bertz CT molecular complexity index is 1070. The first-order valence-corrected chi connectivity index (χ1v) is 11.3. The normalized spacial score (nSPS) is 15.4. The van der Waals surface area contributed by atoms with Crippen molar-refractivity contribution in [1.29, 1.82) is 0 Å². The van der Waals surface area contributed by atoms with Gasteiger partial charge in [0.2, 0.25) is 16.0 Å². The van der Waals surface area contributed by atoms with Crippen LogP contribution in [-0.2, 0) is 10.0 Å². The van der Waals surface area contributed by atoms with Crippen LogP contribution in [0.25, 0.3) is 0 Å². The molecule has 0 bridgehead atoms. The van der Waals surface area contributed by atoms with Gasteiger partial charge >= 0.3 is 6.18 Å². The minimum Gasteiger partial charge on any atom is -0.369 e. The first-order chi connectivity index (χ1) is 14.9. The second kappa shape index (κ2) is 9.16. The van der Waals surface area contributed by atoms with E-state index in [1.54, 1.807) is 12.1 Å². The number of aromatic nitrogens is 2. The summed E-state index contributed by atoms with van der Waals surface area (Å²) in [7, 11) is -3.21. The van der Waals surface area contributed by atoms with Crippen molar-refractivity contribution in [3.63, 3.8) is 0 Å². The predicted octanol–water partition coefficient (Wildman–Crippen LogP) is 1.37. The van der Waals surface area contributed by atoms with Crippen LogP contribution in [0.1, 0.15) is 10.4 Å². The summed E-state index contributed by atoms with van der Waals surface area (Å²) in [5.41, 5.74) is 6.37. The number of amides is 1. The fourth-order valence-corrected chi connectivity index (χ4v) is 3.93. The molecular formula is C18H22F3N7O3S. The van der Waals surface area contributed by atoms with Gasteiger partial charge in [0.15, 0.2) is 0 Å². The number of hydrogen-bond acceptors (Lipinski definition) is 8. The number of benzene rings is 1. The van der Waals surface area contributed by atoms with Gasteiger partial charge in [0.05, 0.1) is 11.8 Å². The molecule has 0 radical (unpaired) electrons. The Balaban J connectivity index is 1.68. The first-order valence-electron chi connectivity index (χ1n) is 9.47. The lowest BCUT2D eigenvalue weighted by Gasteiger charge is -2.34. The molecular weight excluding hydrogens is 451 g/mol. The smallest absolute Gasteiger partial charge is 0.369 e. The molecule has 0 aliphatic carbocycles. The van der Waals surface area contributed by atoms with Crippen molar-refractivity contribution in [3.05, 3.63) is 36.0 Å². The van der Waals surface area contributed by atoms with Crippen molar-refractivity contribution in [2.75, 3.05) is 54.5 Å². The van der Waals surface area contributed by atoms with E-state index >= 15 is 0 Å². The molecule has 2 heterocycles. The van der Waals surface area contributed by atoms with Crippen LogP contribution in [0, 0.1) is 0 Å². The zero-order valence-electron chi connectivity index (χ0n) is 17.1. The van der Waals surface area contributed by atoms with Crippen molar-refractivity contribution >= 4 is 39.1 Å². The Kier molecular flexibility index (Phi) is 6.74. The van der Waals surface area contributed by atoms with Gasteiger partial charge in [0, 0.05) is 43.8 Å². The van der Waals surface area contributed by atoms with E-state index in [2.05, 4.69) is 20.6 Å². The standard InChI is InChI=1S/C18H22F3N7O3S/c1-32(30,31)28-8-6-27(7-9-28)13-4-2-12(3-5-13)25-17-23-10-14(15(22)29)16(26-17)24-11-18(19,20)21/h2-5,10H,6-9,11H2,1H3,(H2,22,29)(H2,23,24,25,26). The summed E-state index contributed by atoms with van der Waals surface area (Å²) in [6.45, 7) is 0.502. The third-order valence-corrected chi connectivity index (χ3v) is 6.01. The zero-order chi connectivity index (χ0) is 23.5. The molecule has 1 aliphatic rings. The molecule has 1 fully saturated rings. The van der Waals surface area contributed by atoms with E-state index in [1.807, 2.05) is 17.0 Å². The minimum absolute atomic E-state index is 0.0193. The third-order valence-electron chi connectivity index (χ3n) is 4.71. The molecule has 1 aliphatic heterocycles. The monoisotopic (exact) mass is 473 g/mol. The van der Waals surface area contributed by atoms with Crippen molar-refractivity contribution in [2.24, 2.45) is 5.73 Å². The molecule has 2 aromatic rings. The van der Waals surface area contributed by atoms with E-state index in [9.17, 15) is 26.4 Å². The maximum atomic E-state index is 12.5. The summed E-state index contributed by atoms with van der Waals surface area (Å²) in [5.74, 6) is -1.30. The number of piperazine rings is 1. The van der Waals surface area contributed by atoms with Gasteiger partial charge in [-0.1, -0.05) is 0 Å². The van der Waals surface area contributed by atoms with Crippen LogP contribution in [0.15, 0.2) is 30.5 Å². The van der Waals surface area contributed by atoms with Crippen LogP contribution in [0.5, 0.6) is 0 Å². The van der Waals surface area contributed by atoms with Gasteiger partial charge in [-0.15, -0.1) is 0 Å². The number of anilines is 4. The molecule has 32 heavy (non-hydrogen) atoms. The molecule has 4 N–H and O–H groups in total. The van der Waals surface area contributed by atoms with Crippen LogP contribution < -0.4 is 21.3 Å². The average Bonchev–Trinajstić information content (AvgIpc) is 2.72. The first kappa shape index (κ1) is 23.5. The minimum atomic E-state index is -4.50. The largest absolute Gasteiger partial charge is 0.405 e. The van der Waals surface area contributed by atoms with E-state index in [0.29, 0.717) is 31.9 Å². The van der Waals surface area contributed by atoms with Crippen LogP contribution >= 0.6 is 0 Å². The van der Waals surface area contributed by atoms with Crippen LogP contribution in [0.4, 0.5) is 36.3 Å². The maximum absolute atomic E-state index is 12.5. The van der Waals surface area contributed by atoms with Gasteiger partial charge in [-0.3, -0.25) is 4.79 Å². The molecule has 0 saturated carbocycles. The highest BCUT2D eigenvalue weighted by atomic mass is 32.2. The molecule has 1 saturated heterocycles. The highest BCUT2D eigenvalue weighted by Crippen LogP contribution is 2.23. The maximum Gasteiger partial charge on any atom is 0.405 e. The van der Waals surface area contributed by atoms with Crippen molar-refractivity contribution in [1.82, 2.24) is 14.3 Å². The van der Waals surface area contributed by atoms with Crippen LogP contribution in [0.2, 0.25) is 0 Å². The predicted molar refractivity (Wildman–Crippen MR) is 113 cm³/mol. The van der Waals surface area contributed by atoms with Crippen molar-refractivity contribution in [3.8, 4) is 0 Å². The number of sulfonamides is 1. The quantitative estimate of drug-likeness (QED) is 0.549. The lowest BCUT2D eigenvalue weighted by Crippen LogP contribution is -2.48. The van der Waals surface area contributed by atoms with Gasteiger partial charge in [0.25, 0.3) is 5.91 Å². The molecule has 0 spiro atoms. The Hall–Kier alpha value is -3.13. The van der Waals surface area contributed by atoms with Crippen LogP contribution in [-0.4, -0.2) is 73.8 Å². The number of nitrogens with two attached hydrogens (primary N) is 1. The second-order valence-electron chi connectivity index (χ2n) is 7.11. The lowest BCUT2D eigenvalue weighted by atomic mass is 10.2. The zero-order valence-corrected chi connectivity index (χ0v) is 17.9. The number of alkyl halides is 3. The molecule has 0 unspecified atom stereocenters. The van der Waals surface area contributed by atoms with E-state index in [-0.39, 0.29) is 17.3 Å². The number of hydrogen-bond donors (Lipinski definition) is 3. The second-order valence-corrected chi connectivity index (χ2v) is 9.09. The molecule has 174 valence electrons. The Morgan fingerprint density at radius 3 is 2.31 bits per heavy atom. The molecule has 10 nitrogen and oxygen atoms in total. The fourth-order valence-electron chi connectivity index (χ4n) is 3.10. The summed E-state index contributed by atoms with van der Waals surface area (Å²) in [5, 5.41) is 4.92. The summed E-state index contributed by atoms with van der Waals surface area (Å²) in [6.07, 6.45) is -2.27. The van der Waals surface area contributed by atoms with E-state index in [4.69, 9.17) is 5.73 Å². The van der Waals surface area contributed by atoms with Gasteiger partial charge in [-0.2, -0.15) is 22.5 Å². The van der Waals surface area contributed by atoms with E-state index < -0.39 is 28.7 Å². The molecule has 0 atom stereocenters. The molecule has 14 heteroatoms. The number of carbonyl (C=O) groups is 1. The number of nitrogens with zero attached hydrogens (tertiary/aromatic N) is 4. The fraction of sp³-hybridized carbons (Fsp3) is 0.389. The molecule has 1 aromatic carbocycles. The lowest BCUT2D eigenvalue weighted by molar-refractivity contribution is -0.115. The number of rotatable bonds is 7. The van der Waals surface area contributed by atoms with Crippen molar-refractivity contribution < 1.29 is 26.4 Å². The van der Waals surface area contributed by atoms with Gasteiger partial charge < -0.3 is 21.3 Å². The van der Waals surface area contributed by atoms with Gasteiger partial charge in [-0.25, -0.2) is 13.4 Å². The average molecular weight is 473 g/mol. The Morgan fingerprint density at radius 2 is 1.78 bits per heavy atom. The van der Waals surface area contributed by atoms with Crippen molar-refractivity contribution in [2.45, 2.75) is 6.18 Å². The highest BCUT2D eigenvalue weighted by molar-refractivity contribution is 7.88. The Morgan fingerprint density at radius 1 is 1.16 bits per heavy atom. The van der Waals surface area contributed by atoms with E-state index in [0.717, 1.165) is 11.9 Å².